The van der Waals surface area contributed by atoms with Gasteiger partial charge < -0.3 is 0 Å². The highest BCUT2D eigenvalue weighted by Gasteiger charge is 2.44. The van der Waals surface area contributed by atoms with Gasteiger partial charge in [0.2, 0.25) is 0 Å². The number of rotatable bonds is 1. The fourth-order valence-corrected chi connectivity index (χ4v) is 2.65. The minimum absolute atomic E-state index is 0.184. The predicted molar refractivity (Wildman–Crippen MR) is 68.2 cm³/mol. The summed E-state index contributed by atoms with van der Waals surface area (Å²) >= 11 is 3.54. The first-order valence-corrected chi connectivity index (χ1v) is 6.14. The predicted octanol–water partition coefficient (Wildman–Crippen LogP) is 4.16. The van der Waals surface area contributed by atoms with Crippen LogP contribution in [0.2, 0.25) is 0 Å². The van der Waals surface area contributed by atoms with E-state index in [4.69, 9.17) is 0 Å². The summed E-state index contributed by atoms with van der Waals surface area (Å²) in [6, 6.07) is 14.9. The van der Waals surface area contributed by atoms with E-state index >= 15 is 0 Å². The molecule has 0 N–H and O–H groups in total. The third-order valence-electron chi connectivity index (χ3n) is 3.34. The van der Waals surface area contributed by atoms with Gasteiger partial charge in [0.15, 0.2) is 0 Å². The summed E-state index contributed by atoms with van der Waals surface area (Å²) in [6.45, 7) is 0. The summed E-state index contributed by atoms with van der Waals surface area (Å²) in [4.78, 5) is 0. The van der Waals surface area contributed by atoms with Gasteiger partial charge in [-0.1, -0.05) is 40.2 Å². The molecule has 16 heavy (non-hydrogen) atoms. The lowest BCUT2D eigenvalue weighted by Gasteiger charge is -2.08. The molecule has 1 nitrogen and oxygen atoms in total. The largest absolute Gasteiger partial charge is 0.197 e. The standard InChI is InChI=1S/C14H10BrN/c15-13-3-1-2-10-8-11(4-5-12(10)13)14(9-16)6-7-14/h1-5,8H,6-7H2. The SMILES string of the molecule is N#CC1(c2ccc3c(Br)cccc3c2)CC1. The number of benzene rings is 2. The molecule has 0 unspecified atom stereocenters. The zero-order valence-corrected chi connectivity index (χ0v) is 10.3. The quantitative estimate of drug-likeness (QED) is 0.764. The van der Waals surface area contributed by atoms with Crippen LogP contribution in [0.4, 0.5) is 0 Å². The van der Waals surface area contributed by atoms with Crippen LogP contribution in [0.25, 0.3) is 10.8 Å². The molecule has 78 valence electrons. The molecule has 0 aliphatic heterocycles. The van der Waals surface area contributed by atoms with Crippen molar-refractivity contribution in [3.05, 3.63) is 46.4 Å². The maximum Gasteiger partial charge on any atom is 0.0824 e. The second-order valence-electron chi connectivity index (χ2n) is 4.37. The second kappa shape index (κ2) is 3.33. The molecular weight excluding hydrogens is 262 g/mol. The van der Waals surface area contributed by atoms with E-state index in [1.54, 1.807) is 0 Å². The lowest BCUT2D eigenvalue weighted by atomic mass is 9.95. The summed E-state index contributed by atoms with van der Waals surface area (Å²) < 4.78 is 1.11. The second-order valence-corrected chi connectivity index (χ2v) is 5.22. The molecule has 0 amide bonds. The molecule has 3 rings (SSSR count). The van der Waals surface area contributed by atoms with Gasteiger partial charge >= 0.3 is 0 Å². The average Bonchev–Trinajstić information content (AvgIpc) is 3.10. The van der Waals surface area contributed by atoms with Crippen molar-refractivity contribution in [2.75, 3.05) is 0 Å². The van der Waals surface area contributed by atoms with Crippen molar-refractivity contribution < 1.29 is 0 Å². The van der Waals surface area contributed by atoms with Crippen molar-refractivity contribution in [2.45, 2.75) is 18.3 Å². The lowest BCUT2D eigenvalue weighted by molar-refractivity contribution is 0.911. The first kappa shape index (κ1) is 9.86. The van der Waals surface area contributed by atoms with Gasteiger partial charge in [0, 0.05) is 4.47 Å². The fourth-order valence-electron chi connectivity index (χ4n) is 2.13. The molecule has 1 aliphatic carbocycles. The van der Waals surface area contributed by atoms with E-state index in [0.717, 1.165) is 17.3 Å². The zero-order valence-electron chi connectivity index (χ0n) is 8.70. The Bertz CT molecular complexity index is 606. The van der Waals surface area contributed by atoms with Gasteiger partial charge in [0.1, 0.15) is 0 Å². The van der Waals surface area contributed by atoms with E-state index < -0.39 is 0 Å². The molecule has 1 aliphatic rings. The highest BCUT2D eigenvalue weighted by atomic mass is 79.9. The number of nitrogens with zero attached hydrogens (tertiary/aromatic N) is 1. The van der Waals surface area contributed by atoms with Crippen molar-refractivity contribution in [2.24, 2.45) is 0 Å². The van der Waals surface area contributed by atoms with Crippen LogP contribution in [0.3, 0.4) is 0 Å². The maximum absolute atomic E-state index is 9.18. The van der Waals surface area contributed by atoms with Crippen LogP contribution >= 0.6 is 15.9 Å². The Morgan fingerprint density at radius 1 is 1.19 bits per heavy atom. The van der Waals surface area contributed by atoms with Crippen LogP contribution in [0.1, 0.15) is 18.4 Å². The molecule has 1 saturated carbocycles. The Kier molecular flexibility index (Phi) is 2.05. The van der Waals surface area contributed by atoms with Gasteiger partial charge in [0.05, 0.1) is 11.5 Å². The number of halogens is 1. The Morgan fingerprint density at radius 2 is 2.00 bits per heavy atom. The molecule has 1 fully saturated rings. The summed E-state index contributed by atoms with van der Waals surface area (Å²) in [5.41, 5.74) is 0.983. The van der Waals surface area contributed by atoms with E-state index in [1.807, 2.05) is 12.1 Å². The lowest BCUT2D eigenvalue weighted by Crippen LogP contribution is -2.01. The van der Waals surface area contributed by atoms with Crippen LogP contribution < -0.4 is 0 Å². The zero-order chi connectivity index (χ0) is 11.2. The number of hydrogen-bond acceptors (Lipinski definition) is 1. The summed E-state index contributed by atoms with van der Waals surface area (Å²) in [6.07, 6.45) is 2.01. The third-order valence-corrected chi connectivity index (χ3v) is 4.04. The fraction of sp³-hybridized carbons (Fsp3) is 0.214. The normalized spacial score (nSPS) is 17.0. The molecule has 0 atom stereocenters. The van der Waals surface area contributed by atoms with Gasteiger partial charge in [-0.05, 0) is 41.3 Å². The van der Waals surface area contributed by atoms with Crippen LogP contribution in [0.5, 0.6) is 0 Å². The van der Waals surface area contributed by atoms with Crippen molar-refractivity contribution in [1.29, 1.82) is 5.26 Å². The van der Waals surface area contributed by atoms with E-state index in [9.17, 15) is 5.26 Å². The van der Waals surface area contributed by atoms with Crippen molar-refractivity contribution in [1.82, 2.24) is 0 Å². The van der Waals surface area contributed by atoms with Gasteiger partial charge in [-0.2, -0.15) is 5.26 Å². The number of fused-ring (bicyclic) bond motifs is 1. The van der Waals surface area contributed by atoms with Gasteiger partial charge in [0.25, 0.3) is 0 Å². The van der Waals surface area contributed by atoms with E-state index in [2.05, 4.69) is 46.3 Å². The topological polar surface area (TPSA) is 23.8 Å². The summed E-state index contributed by atoms with van der Waals surface area (Å²) in [5, 5.41) is 11.6. The van der Waals surface area contributed by atoms with Gasteiger partial charge in [-0.25, -0.2) is 0 Å². The molecule has 0 aromatic heterocycles. The van der Waals surface area contributed by atoms with Crippen molar-refractivity contribution in [3.63, 3.8) is 0 Å². The van der Waals surface area contributed by atoms with Crippen LogP contribution in [-0.4, -0.2) is 0 Å². The van der Waals surface area contributed by atoms with Crippen molar-refractivity contribution in [3.8, 4) is 6.07 Å². The number of nitriles is 1. The van der Waals surface area contributed by atoms with Crippen LogP contribution in [0, 0.1) is 11.3 Å². The van der Waals surface area contributed by atoms with E-state index in [0.29, 0.717) is 0 Å². The van der Waals surface area contributed by atoms with Crippen LogP contribution in [-0.2, 0) is 5.41 Å². The van der Waals surface area contributed by atoms with E-state index in [1.165, 1.54) is 16.3 Å². The third kappa shape index (κ3) is 1.36. The molecule has 2 aromatic carbocycles. The maximum atomic E-state index is 9.18. The van der Waals surface area contributed by atoms with Gasteiger partial charge in [-0.15, -0.1) is 0 Å². The summed E-state index contributed by atoms with van der Waals surface area (Å²) in [5.74, 6) is 0. The Morgan fingerprint density at radius 3 is 2.69 bits per heavy atom. The smallest absolute Gasteiger partial charge is 0.0824 e. The Hall–Kier alpha value is -1.33. The molecule has 2 aromatic rings. The number of hydrogen-bond donors (Lipinski definition) is 0. The molecule has 0 radical (unpaired) electrons. The molecule has 0 spiro atoms. The van der Waals surface area contributed by atoms with E-state index in [-0.39, 0.29) is 5.41 Å². The monoisotopic (exact) mass is 271 g/mol. The Labute approximate surface area is 103 Å². The van der Waals surface area contributed by atoms with Crippen LogP contribution in [0.15, 0.2) is 40.9 Å². The summed E-state index contributed by atoms with van der Waals surface area (Å²) in [7, 11) is 0. The Balaban J connectivity index is 2.22. The highest BCUT2D eigenvalue weighted by Crippen LogP contribution is 2.48. The van der Waals surface area contributed by atoms with Gasteiger partial charge in [-0.3, -0.25) is 0 Å². The minimum atomic E-state index is -0.184. The minimum Gasteiger partial charge on any atom is -0.197 e. The molecule has 0 saturated heterocycles. The molecule has 2 heteroatoms. The highest BCUT2D eigenvalue weighted by molar-refractivity contribution is 9.10. The molecule has 0 bridgehead atoms. The average molecular weight is 272 g/mol. The first-order chi connectivity index (χ1) is 7.75. The molecule has 0 heterocycles. The van der Waals surface area contributed by atoms with Crippen molar-refractivity contribution >= 4 is 26.7 Å². The molecular formula is C14H10BrN. The first-order valence-electron chi connectivity index (χ1n) is 5.35.